The fourth-order valence-electron chi connectivity index (χ4n) is 1.52. The largest absolute Gasteiger partial charge is 0.364 e. The van der Waals surface area contributed by atoms with Crippen molar-refractivity contribution in [1.82, 2.24) is 4.90 Å². The van der Waals surface area contributed by atoms with Crippen LogP contribution in [0, 0.1) is 0 Å². The highest BCUT2D eigenvalue weighted by Crippen LogP contribution is 2.27. The number of hydrogen-bond donors (Lipinski definition) is 0. The predicted octanol–water partition coefficient (Wildman–Crippen LogP) is 1.28. The zero-order valence-electron chi connectivity index (χ0n) is 6.76. The molecule has 0 aromatic carbocycles. The molecule has 0 saturated carbocycles. The molecule has 2 nitrogen and oxygen atoms in total. The van der Waals surface area contributed by atoms with Gasteiger partial charge in [-0.15, -0.1) is 0 Å². The maximum Gasteiger partial charge on any atom is 0.0683 e. The second-order valence-electron chi connectivity index (χ2n) is 3.33. The summed E-state index contributed by atoms with van der Waals surface area (Å²) in [5, 5.41) is 0. The molecule has 0 bridgehead atoms. The topological polar surface area (TPSA) is 12.5 Å². The first kappa shape index (κ1) is 8.45. The number of likely N-dealkylation sites (tertiary alicyclic amines) is 1. The molecule has 1 saturated heterocycles. The molecule has 10 heavy (non-hydrogen) atoms. The van der Waals surface area contributed by atoms with Gasteiger partial charge in [0.2, 0.25) is 0 Å². The molecular weight excluding hydrogens is 145 g/mol. The van der Waals surface area contributed by atoms with E-state index in [2.05, 4.69) is 28.3 Å². The van der Waals surface area contributed by atoms with Crippen molar-refractivity contribution in [3.8, 4) is 0 Å². The molecule has 0 aromatic heterocycles. The van der Waals surface area contributed by atoms with Gasteiger partial charge in [0.25, 0.3) is 0 Å². The van der Waals surface area contributed by atoms with Gasteiger partial charge < -0.3 is 4.52 Å². The minimum atomic E-state index is 0.293. The van der Waals surface area contributed by atoms with Crippen LogP contribution in [0.25, 0.3) is 0 Å². The van der Waals surface area contributed by atoms with Gasteiger partial charge >= 0.3 is 0 Å². The van der Waals surface area contributed by atoms with E-state index >= 15 is 0 Å². The lowest BCUT2D eigenvalue weighted by Crippen LogP contribution is -2.41. The van der Waals surface area contributed by atoms with Crippen LogP contribution in [0.5, 0.6) is 0 Å². The fourth-order valence-corrected chi connectivity index (χ4v) is 1.88. The summed E-state index contributed by atoms with van der Waals surface area (Å²) < 4.78 is 5.07. The van der Waals surface area contributed by atoms with Crippen LogP contribution < -0.4 is 0 Å². The Balaban J connectivity index is 2.48. The molecule has 2 atom stereocenters. The maximum atomic E-state index is 5.07. The van der Waals surface area contributed by atoms with Crippen molar-refractivity contribution >= 4 is 9.47 Å². The molecule has 1 fully saturated rings. The Bertz CT molecular complexity index is 120. The Labute approximate surface area is 65.2 Å². The molecule has 0 radical (unpaired) electrons. The summed E-state index contributed by atoms with van der Waals surface area (Å²) in [7, 11) is 4.48. The molecule has 0 N–H and O–H groups in total. The quantitative estimate of drug-likeness (QED) is 0.565. The monoisotopic (exact) mass is 161 g/mol. The van der Waals surface area contributed by atoms with Crippen LogP contribution in [0.4, 0.5) is 0 Å². The van der Waals surface area contributed by atoms with Gasteiger partial charge in [-0.05, 0) is 33.4 Å². The third-order valence-corrected chi connectivity index (χ3v) is 2.69. The number of nitrogens with zero attached hydrogens (tertiary/aromatic N) is 1. The van der Waals surface area contributed by atoms with Crippen LogP contribution in [-0.4, -0.2) is 30.6 Å². The zero-order valence-corrected chi connectivity index (χ0v) is 7.92. The summed E-state index contributed by atoms with van der Waals surface area (Å²) >= 11 is 0. The predicted molar refractivity (Wildman–Crippen MR) is 45.9 cm³/mol. The van der Waals surface area contributed by atoms with Crippen molar-refractivity contribution in [2.75, 3.05) is 20.2 Å². The van der Waals surface area contributed by atoms with Crippen molar-refractivity contribution in [2.24, 2.45) is 0 Å². The second-order valence-corrected chi connectivity index (χ2v) is 3.67. The van der Waals surface area contributed by atoms with Gasteiger partial charge in [0.15, 0.2) is 0 Å². The summed E-state index contributed by atoms with van der Waals surface area (Å²) in [6.45, 7) is 4.29. The van der Waals surface area contributed by atoms with Gasteiger partial charge in [0.05, 0.1) is 6.61 Å². The lowest BCUT2D eigenvalue weighted by atomic mass is 10.0. The molecule has 1 aliphatic heterocycles. The van der Waals surface area contributed by atoms with Crippen LogP contribution in [-0.2, 0) is 4.52 Å². The van der Waals surface area contributed by atoms with Gasteiger partial charge in [-0.25, -0.2) is 0 Å². The second kappa shape index (κ2) is 3.17. The maximum absolute atomic E-state index is 5.07. The highest BCUT2D eigenvalue weighted by atomic mass is 31.0. The van der Waals surface area contributed by atoms with Crippen molar-refractivity contribution in [3.05, 3.63) is 0 Å². The summed E-state index contributed by atoms with van der Waals surface area (Å²) in [6, 6.07) is 0. The van der Waals surface area contributed by atoms with E-state index in [1.807, 2.05) is 0 Å². The highest BCUT2D eigenvalue weighted by molar-refractivity contribution is 7.09. The van der Waals surface area contributed by atoms with E-state index < -0.39 is 0 Å². The normalized spacial score (nSPS) is 35.1. The first-order valence-electron chi connectivity index (χ1n) is 3.72. The van der Waals surface area contributed by atoms with Crippen molar-refractivity contribution < 1.29 is 4.52 Å². The SMILES string of the molecule is CN1CCCC1(C)COP. The van der Waals surface area contributed by atoms with E-state index in [-0.39, 0.29) is 0 Å². The minimum absolute atomic E-state index is 0.293. The summed E-state index contributed by atoms with van der Waals surface area (Å²) in [6.07, 6.45) is 2.57. The van der Waals surface area contributed by atoms with E-state index in [1.54, 1.807) is 0 Å². The molecule has 3 heteroatoms. The summed E-state index contributed by atoms with van der Waals surface area (Å²) in [5.74, 6) is 0. The van der Waals surface area contributed by atoms with Crippen molar-refractivity contribution in [2.45, 2.75) is 25.3 Å². The molecular formula is C7H16NOP. The van der Waals surface area contributed by atoms with Crippen LogP contribution in [0.1, 0.15) is 19.8 Å². The lowest BCUT2D eigenvalue weighted by Gasteiger charge is -2.30. The third kappa shape index (κ3) is 1.50. The Morgan fingerprint density at radius 2 is 2.40 bits per heavy atom. The van der Waals surface area contributed by atoms with E-state index in [0.29, 0.717) is 5.54 Å². The Morgan fingerprint density at radius 3 is 2.80 bits per heavy atom. The van der Waals surface area contributed by atoms with Crippen molar-refractivity contribution in [3.63, 3.8) is 0 Å². The average Bonchev–Trinajstić information content (AvgIpc) is 2.15. The molecule has 0 aromatic rings. The van der Waals surface area contributed by atoms with Gasteiger partial charge in [-0.3, -0.25) is 4.90 Å². The van der Waals surface area contributed by atoms with Crippen molar-refractivity contribution in [1.29, 1.82) is 0 Å². The van der Waals surface area contributed by atoms with Gasteiger partial charge in [0.1, 0.15) is 0 Å². The van der Waals surface area contributed by atoms with Gasteiger partial charge in [-0.2, -0.15) is 0 Å². The summed E-state index contributed by atoms with van der Waals surface area (Å²) in [5.41, 5.74) is 0.293. The molecule has 1 aliphatic rings. The highest BCUT2D eigenvalue weighted by Gasteiger charge is 2.33. The van der Waals surface area contributed by atoms with E-state index in [1.165, 1.54) is 19.4 Å². The van der Waals surface area contributed by atoms with Crippen LogP contribution >= 0.6 is 9.47 Å². The number of rotatable bonds is 2. The molecule has 0 amide bonds. The standard InChI is InChI=1S/C7H16NOP/c1-7(6-9-10)4-3-5-8(7)2/h3-6,10H2,1-2H3. The Kier molecular flexibility index (Phi) is 2.67. The van der Waals surface area contributed by atoms with E-state index in [4.69, 9.17) is 4.52 Å². The van der Waals surface area contributed by atoms with Crippen LogP contribution in [0.15, 0.2) is 0 Å². The molecule has 1 heterocycles. The molecule has 0 spiro atoms. The number of hydrogen-bond acceptors (Lipinski definition) is 2. The first-order valence-corrected chi connectivity index (χ1v) is 4.19. The average molecular weight is 161 g/mol. The molecule has 2 unspecified atom stereocenters. The molecule has 0 aliphatic carbocycles. The fraction of sp³-hybridized carbons (Fsp3) is 1.00. The molecule has 1 rings (SSSR count). The van der Waals surface area contributed by atoms with E-state index in [9.17, 15) is 0 Å². The zero-order chi connectivity index (χ0) is 7.61. The Morgan fingerprint density at radius 1 is 1.70 bits per heavy atom. The minimum Gasteiger partial charge on any atom is -0.364 e. The lowest BCUT2D eigenvalue weighted by molar-refractivity contribution is 0.126. The number of likely N-dealkylation sites (N-methyl/N-ethyl adjacent to an activating group) is 1. The third-order valence-electron chi connectivity index (χ3n) is 2.52. The van der Waals surface area contributed by atoms with Gasteiger partial charge in [0, 0.05) is 15.0 Å². The van der Waals surface area contributed by atoms with Crippen LogP contribution in [0.3, 0.4) is 0 Å². The first-order chi connectivity index (χ1) is 4.69. The smallest absolute Gasteiger partial charge is 0.0683 e. The molecule has 60 valence electrons. The van der Waals surface area contributed by atoms with Gasteiger partial charge in [-0.1, -0.05) is 0 Å². The Hall–Kier alpha value is 0.350. The summed E-state index contributed by atoms with van der Waals surface area (Å²) in [4.78, 5) is 2.37. The van der Waals surface area contributed by atoms with Crippen LogP contribution in [0.2, 0.25) is 0 Å². The van der Waals surface area contributed by atoms with E-state index in [0.717, 1.165) is 6.61 Å².